The molecule has 0 heterocycles. The highest BCUT2D eigenvalue weighted by molar-refractivity contribution is 5.48. The maximum Gasteiger partial charge on any atom is 0.0359 e. The second kappa shape index (κ2) is 7.42. The number of unbranched alkanes of at least 4 members (excludes halogenated alkanes) is 2. The van der Waals surface area contributed by atoms with Crippen LogP contribution in [0, 0.1) is 6.92 Å². The van der Waals surface area contributed by atoms with Crippen molar-refractivity contribution >= 4 is 5.69 Å². The number of nitrogens with two attached hydrogens (primary N) is 1. The lowest BCUT2D eigenvalue weighted by Crippen LogP contribution is -2.31. The first-order valence-corrected chi connectivity index (χ1v) is 7.13. The van der Waals surface area contributed by atoms with Gasteiger partial charge in [-0.3, -0.25) is 4.90 Å². The van der Waals surface area contributed by atoms with Crippen LogP contribution in [0.3, 0.4) is 0 Å². The van der Waals surface area contributed by atoms with Crippen LogP contribution in [0.5, 0.6) is 0 Å². The van der Waals surface area contributed by atoms with Crippen LogP contribution in [0.15, 0.2) is 18.2 Å². The largest absolute Gasteiger partial charge is 0.398 e. The van der Waals surface area contributed by atoms with Crippen LogP contribution in [-0.2, 0) is 6.54 Å². The summed E-state index contributed by atoms with van der Waals surface area (Å²) in [5.41, 5.74) is 9.54. The normalized spacial score (nSPS) is 11.4. The number of nitrogen functional groups attached to an aromatic ring is 1. The molecule has 1 aromatic rings. The zero-order chi connectivity index (χ0) is 13.5. The Morgan fingerprint density at radius 1 is 1.22 bits per heavy atom. The van der Waals surface area contributed by atoms with Gasteiger partial charge >= 0.3 is 0 Å². The van der Waals surface area contributed by atoms with Crippen molar-refractivity contribution in [3.63, 3.8) is 0 Å². The topological polar surface area (TPSA) is 29.3 Å². The van der Waals surface area contributed by atoms with Crippen molar-refractivity contribution in [1.29, 1.82) is 0 Å². The molecule has 102 valence electrons. The van der Waals surface area contributed by atoms with E-state index in [4.69, 9.17) is 5.73 Å². The highest BCUT2D eigenvalue weighted by Crippen LogP contribution is 2.18. The van der Waals surface area contributed by atoms with Gasteiger partial charge in [-0.25, -0.2) is 0 Å². The van der Waals surface area contributed by atoms with Crippen molar-refractivity contribution in [1.82, 2.24) is 4.90 Å². The van der Waals surface area contributed by atoms with E-state index < -0.39 is 0 Å². The molecule has 0 fully saturated rings. The number of rotatable bonds is 7. The average Bonchev–Trinajstić information content (AvgIpc) is 2.32. The molecule has 0 amide bonds. The zero-order valence-corrected chi connectivity index (χ0v) is 12.4. The fourth-order valence-electron chi connectivity index (χ4n) is 2.17. The Balaban J connectivity index is 2.67. The van der Waals surface area contributed by atoms with Crippen molar-refractivity contribution < 1.29 is 0 Å². The maximum atomic E-state index is 6.07. The molecular formula is C16H28N2. The Kier molecular flexibility index (Phi) is 6.20. The molecule has 2 N–H and O–H groups in total. The quantitative estimate of drug-likeness (QED) is 0.584. The minimum Gasteiger partial charge on any atom is -0.398 e. The fourth-order valence-corrected chi connectivity index (χ4v) is 2.17. The molecular weight excluding hydrogens is 220 g/mol. The molecule has 0 saturated carbocycles. The van der Waals surface area contributed by atoms with Crippen molar-refractivity contribution in [2.45, 2.75) is 59.5 Å². The third-order valence-electron chi connectivity index (χ3n) is 3.45. The first-order chi connectivity index (χ1) is 8.54. The van der Waals surface area contributed by atoms with Crippen molar-refractivity contribution in [2.75, 3.05) is 12.3 Å². The average molecular weight is 248 g/mol. The summed E-state index contributed by atoms with van der Waals surface area (Å²) in [5.74, 6) is 0. The van der Waals surface area contributed by atoms with Gasteiger partial charge in [-0.2, -0.15) is 0 Å². The Hall–Kier alpha value is -1.02. The summed E-state index contributed by atoms with van der Waals surface area (Å²) in [6, 6.07) is 6.89. The van der Waals surface area contributed by atoms with Crippen LogP contribution >= 0.6 is 0 Å². The van der Waals surface area contributed by atoms with Crippen LogP contribution in [0.1, 0.15) is 51.2 Å². The van der Waals surface area contributed by atoms with E-state index in [-0.39, 0.29) is 0 Å². The second-order valence-corrected chi connectivity index (χ2v) is 5.47. The first kappa shape index (κ1) is 15.0. The van der Waals surface area contributed by atoms with Crippen LogP contribution in [0.4, 0.5) is 5.69 Å². The lowest BCUT2D eigenvalue weighted by atomic mass is 10.1. The SMILES string of the molecule is CCCCCN(Cc1cc(C)ccc1N)C(C)C. The van der Waals surface area contributed by atoms with E-state index >= 15 is 0 Å². The Bertz CT molecular complexity index is 358. The third-order valence-corrected chi connectivity index (χ3v) is 3.45. The number of hydrogen-bond donors (Lipinski definition) is 1. The smallest absolute Gasteiger partial charge is 0.0359 e. The molecule has 0 spiro atoms. The standard InChI is InChI=1S/C16H28N2/c1-5-6-7-10-18(13(2)3)12-15-11-14(4)8-9-16(15)17/h8-9,11,13H,5-7,10,12,17H2,1-4H3. The number of benzene rings is 1. The van der Waals surface area contributed by atoms with E-state index in [0.717, 1.165) is 12.2 Å². The van der Waals surface area contributed by atoms with Gasteiger partial charge in [0, 0.05) is 18.3 Å². The predicted octanol–water partition coefficient (Wildman–Crippen LogP) is 3.98. The van der Waals surface area contributed by atoms with Crippen LogP contribution < -0.4 is 5.73 Å². The van der Waals surface area contributed by atoms with Crippen LogP contribution in [0.25, 0.3) is 0 Å². The van der Waals surface area contributed by atoms with Gasteiger partial charge in [0.2, 0.25) is 0 Å². The zero-order valence-electron chi connectivity index (χ0n) is 12.4. The van der Waals surface area contributed by atoms with E-state index in [2.05, 4.69) is 44.7 Å². The summed E-state index contributed by atoms with van der Waals surface area (Å²) in [6.07, 6.45) is 3.87. The van der Waals surface area contributed by atoms with Gasteiger partial charge in [-0.05, 0) is 45.4 Å². The predicted molar refractivity (Wildman–Crippen MR) is 80.7 cm³/mol. The number of aryl methyl sites for hydroxylation is 1. The van der Waals surface area contributed by atoms with Crippen molar-refractivity contribution in [3.05, 3.63) is 29.3 Å². The molecule has 0 bridgehead atoms. The second-order valence-electron chi connectivity index (χ2n) is 5.47. The van der Waals surface area contributed by atoms with Gasteiger partial charge in [-0.15, -0.1) is 0 Å². The van der Waals surface area contributed by atoms with E-state index in [1.54, 1.807) is 0 Å². The molecule has 0 aliphatic carbocycles. The molecule has 0 aliphatic heterocycles. The summed E-state index contributed by atoms with van der Waals surface area (Å²) >= 11 is 0. The van der Waals surface area contributed by atoms with Crippen molar-refractivity contribution in [2.24, 2.45) is 0 Å². The molecule has 0 aliphatic rings. The molecule has 0 atom stereocenters. The summed E-state index contributed by atoms with van der Waals surface area (Å²) in [7, 11) is 0. The van der Waals surface area contributed by atoms with E-state index in [1.807, 2.05) is 6.07 Å². The van der Waals surface area contributed by atoms with Crippen LogP contribution in [-0.4, -0.2) is 17.5 Å². The summed E-state index contributed by atoms with van der Waals surface area (Å²) in [5, 5.41) is 0. The Morgan fingerprint density at radius 3 is 2.56 bits per heavy atom. The molecule has 18 heavy (non-hydrogen) atoms. The maximum absolute atomic E-state index is 6.07. The number of nitrogens with zero attached hydrogens (tertiary/aromatic N) is 1. The molecule has 0 radical (unpaired) electrons. The van der Waals surface area contributed by atoms with E-state index in [1.165, 1.54) is 36.9 Å². The Morgan fingerprint density at radius 2 is 1.94 bits per heavy atom. The van der Waals surface area contributed by atoms with E-state index in [9.17, 15) is 0 Å². The van der Waals surface area contributed by atoms with Gasteiger partial charge in [0.05, 0.1) is 0 Å². The highest BCUT2D eigenvalue weighted by Gasteiger charge is 2.11. The third kappa shape index (κ3) is 4.69. The molecule has 1 rings (SSSR count). The monoisotopic (exact) mass is 248 g/mol. The van der Waals surface area contributed by atoms with Crippen LogP contribution in [0.2, 0.25) is 0 Å². The molecule has 0 saturated heterocycles. The highest BCUT2D eigenvalue weighted by atomic mass is 15.1. The molecule has 0 unspecified atom stereocenters. The molecule has 1 aromatic carbocycles. The minimum atomic E-state index is 0.571. The number of anilines is 1. The van der Waals surface area contributed by atoms with Gasteiger partial charge in [0.15, 0.2) is 0 Å². The first-order valence-electron chi connectivity index (χ1n) is 7.13. The van der Waals surface area contributed by atoms with Crippen molar-refractivity contribution in [3.8, 4) is 0 Å². The van der Waals surface area contributed by atoms with Gasteiger partial charge in [0.1, 0.15) is 0 Å². The van der Waals surface area contributed by atoms with Gasteiger partial charge in [-0.1, -0.05) is 37.5 Å². The summed E-state index contributed by atoms with van der Waals surface area (Å²) < 4.78 is 0. The Labute approximate surface area is 112 Å². The number of hydrogen-bond acceptors (Lipinski definition) is 2. The fraction of sp³-hybridized carbons (Fsp3) is 0.625. The minimum absolute atomic E-state index is 0.571. The molecule has 2 nitrogen and oxygen atoms in total. The lowest BCUT2D eigenvalue weighted by Gasteiger charge is -2.27. The lowest BCUT2D eigenvalue weighted by molar-refractivity contribution is 0.209. The summed E-state index contributed by atoms with van der Waals surface area (Å²) in [4.78, 5) is 2.51. The molecule has 0 aromatic heterocycles. The van der Waals surface area contributed by atoms with E-state index in [0.29, 0.717) is 6.04 Å². The molecule has 2 heteroatoms. The van der Waals surface area contributed by atoms with Gasteiger partial charge in [0.25, 0.3) is 0 Å². The van der Waals surface area contributed by atoms with Gasteiger partial charge < -0.3 is 5.73 Å². The summed E-state index contributed by atoms with van der Waals surface area (Å²) in [6.45, 7) is 11.0.